The highest BCUT2D eigenvalue weighted by atomic mass is 16.5. The fourth-order valence-electron chi connectivity index (χ4n) is 4.21. The molecule has 3 saturated heterocycles. The molecule has 5 heteroatoms. The maximum absolute atomic E-state index is 12.8. The van der Waals surface area contributed by atoms with Gasteiger partial charge in [-0.3, -0.25) is 9.59 Å². The van der Waals surface area contributed by atoms with Crippen LogP contribution in [0.5, 0.6) is 0 Å². The van der Waals surface area contributed by atoms with Crippen molar-refractivity contribution in [1.29, 1.82) is 0 Å². The number of nitrogens with zero attached hydrogens (tertiary/aromatic N) is 1. The predicted molar refractivity (Wildman–Crippen MR) is 78.5 cm³/mol. The summed E-state index contributed by atoms with van der Waals surface area (Å²) < 4.78 is 5.80. The zero-order chi connectivity index (χ0) is 15.2. The van der Waals surface area contributed by atoms with Crippen LogP contribution >= 0.6 is 0 Å². The lowest BCUT2D eigenvalue weighted by atomic mass is 9.77. The standard InChI is InChI=1S/C16H26N2O3/c1-10-11(2)21-12(3)14(10)15(20)18-6-4-16(5-7-18)8-13(19)17-9-16/h10-12,14H,4-9H2,1-3H3,(H,17,19). The molecule has 0 aromatic heterocycles. The Labute approximate surface area is 126 Å². The monoisotopic (exact) mass is 294 g/mol. The van der Waals surface area contributed by atoms with Crippen LogP contribution in [0, 0.1) is 17.3 Å². The first-order valence-corrected chi connectivity index (χ1v) is 8.13. The Morgan fingerprint density at radius 2 is 1.90 bits per heavy atom. The van der Waals surface area contributed by atoms with Crippen molar-refractivity contribution in [2.75, 3.05) is 19.6 Å². The lowest BCUT2D eigenvalue weighted by Crippen LogP contribution is -2.48. The number of likely N-dealkylation sites (tertiary alicyclic amines) is 1. The molecule has 3 heterocycles. The molecule has 0 aromatic rings. The number of hydrogen-bond acceptors (Lipinski definition) is 3. The molecule has 0 aromatic carbocycles. The molecule has 2 amide bonds. The third-order valence-corrected chi connectivity index (χ3v) is 5.86. The topological polar surface area (TPSA) is 58.6 Å². The van der Waals surface area contributed by atoms with Gasteiger partial charge in [-0.2, -0.15) is 0 Å². The van der Waals surface area contributed by atoms with Gasteiger partial charge in [-0.1, -0.05) is 6.92 Å². The van der Waals surface area contributed by atoms with Crippen molar-refractivity contribution >= 4 is 11.8 Å². The Kier molecular flexibility index (Phi) is 3.72. The van der Waals surface area contributed by atoms with E-state index >= 15 is 0 Å². The SMILES string of the molecule is CC1OC(C)C(C(=O)N2CCC3(CC2)CNC(=O)C3)C1C. The number of carbonyl (C=O) groups is 2. The van der Waals surface area contributed by atoms with Gasteiger partial charge in [0.1, 0.15) is 0 Å². The predicted octanol–water partition coefficient (Wildman–Crippen LogP) is 1.17. The molecule has 3 aliphatic rings. The quantitative estimate of drug-likeness (QED) is 0.790. The maximum atomic E-state index is 12.8. The Hall–Kier alpha value is -1.10. The van der Waals surface area contributed by atoms with E-state index in [1.165, 1.54) is 0 Å². The fourth-order valence-corrected chi connectivity index (χ4v) is 4.21. The fraction of sp³-hybridized carbons (Fsp3) is 0.875. The first-order valence-electron chi connectivity index (χ1n) is 8.13. The third kappa shape index (κ3) is 2.56. The van der Waals surface area contributed by atoms with Gasteiger partial charge < -0.3 is 15.0 Å². The molecule has 5 nitrogen and oxygen atoms in total. The molecule has 0 radical (unpaired) electrons. The average molecular weight is 294 g/mol. The minimum Gasteiger partial charge on any atom is -0.374 e. The van der Waals surface area contributed by atoms with E-state index in [2.05, 4.69) is 19.2 Å². The number of nitrogens with one attached hydrogen (secondary N) is 1. The van der Waals surface area contributed by atoms with Gasteiger partial charge in [0.05, 0.1) is 18.1 Å². The molecular weight excluding hydrogens is 268 g/mol. The molecule has 3 rings (SSSR count). The van der Waals surface area contributed by atoms with E-state index in [9.17, 15) is 9.59 Å². The first kappa shape index (κ1) is 14.8. The van der Waals surface area contributed by atoms with Crippen LogP contribution in [0.1, 0.15) is 40.0 Å². The molecule has 118 valence electrons. The maximum Gasteiger partial charge on any atom is 0.228 e. The number of rotatable bonds is 1. The molecule has 3 aliphatic heterocycles. The summed E-state index contributed by atoms with van der Waals surface area (Å²) in [5, 5.41) is 2.94. The molecule has 4 atom stereocenters. The van der Waals surface area contributed by atoms with E-state index in [4.69, 9.17) is 4.74 Å². The summed E-state index contributed by atoms with van der Waals surface area (Å²) in [6, 6.07) is 0. The molecule has 21 heavy (non-hydrogen) atoms. The summed E-state index contributed by atoms with van der Waals surface area (Å²) in [5.74, 6) is 0.664. The van der Waals surface area contributed by atoms with Crippen LogP contribution in [0.4, 0.5) is 0 Å². The second-order valence-corrected chi connectivity index (χ2v) is 7.21. The normalized spacial score (nSPS) is 38.8. The minimum absolute atomic E-state index is 0.00751. The molecule has 1 spiro atoms. The highest BCUT2D eigenvalue weighted by Crippen LogP contribution is 2.39. The van der Waals surface area contributed by atoms with Gasteiger partial charge in [0.2, 0.25) is 11.8 Å². The molecule has 0 saturated carbocycles. The number of carbonyl (C=O) groups excluding carboxylic acids is 2. The molecule has 3 fully saturated rings. The van der Waals surface area contributed by atoms with Crippen molar-refractivity contribution in [3.63, 3.8) is 0 Å². The summed E-state index contributed by atoms with van der Waals surface area (Å²) in [5.41, 5.74) is 0.102. The zero-order valence-corrected chi connectivity index (χ0v) is 13.2. The Morgan fingerprint density at radius 1 is 1.24 bits per heavy atom. The van der Waals surface area contributed by atoms with Crippen molar-refractivity contribution in [1.82, 2.24) is 10.2 Å². The summed E-state index contributed by atoms with van der Waals surface area (Å²) in [6.45, 7) is 8.51. The van der Waals surface area contributed by atoms with Crippen molar-refractivity contribution in [3.05, 3.63) is 0 Å². The van der Waals surface area contributed by atoms with Gasteiger partial charge in [-0.15, -0.1) is 0 Å². The van der Waals surface area contributed by atoms with Gasteiger partial charge >= 0.3 is 0 Å². The molecule has 0 bridgehead atoms. The summed E-state index contributed by atoms with van der Waals surface area (Å²) in [4.78, 5) is 26.2. The van der Waals surface area contributed by atoms with Crippen molar-refractivity contribution in [2.24, 2.45) is 17.3 Å². The third-order valence-electron chi connectivity index (χ3n) is 5.86. The number of amides is 2. The Bertz CT molecular complexity index is 443. The summed E-state index contributed by atoms with van der Waals surface area (Å²) in [6.07, 6.45) is 2.66. The van der Waals surface area contributed by atoms with Crippen LogP contribution in [0.25, 0.3) is 0 Å². The van der Waals surface area contributed by atoms with Crippen LogP contribution in [0.2, 0.25) is 0 Å². The van der Waals surface area contributed by atoms with Crippen molar-refractivity contribution in [2.45, 2.75) is 52.2 Å². The van der Waals surface area contributed by atoms with Crippen LogP contribution < -0.4 is 5.32 Å². The Balaban J connectivity index is 1.62. The van der Waals surface area contributed by atoms with E-state index in [1.807, 2.05) is 11.8 Å². The van der Waals surface area contributed by atoms with Crippen molar-refractivity contribution < 1.29 is 14.3 Å². The van der Waals surface area contributed by atoms with E-state index in [0.29, 0.717) is 6.42 Å². The van der Waals surface area contributed by atoms with E-state index in [-0.39, 0.29) is 41.3 Å². The van der Waals surface area contributed by atoms with Crippen molar-refractivity contribution in [3.8, 4) is 0 Å². The summed E-state index contributed by atoms with van der Waals surface area (Å²) in [7, 11) is 0. The van der Waals surface area contributed by atoms with Crippen LogP contribution in [-0.4, -0.2) is 48.6 Å². The van der Waals surface area contributed by atoms with Crippen LogP contribution in [0.15, 0.2) is 0 Å². The largest absolute Gasteiger partial charge is 0.374 e. The highest BCUT2D eigenvalue weighted by molar-refractivity contribution is 5.81. The van der Waals surface area contributed by atoms with Gasteiger partial charge in [0, 0.05) is 26.1 Å². The number of ether oxygens (including phenoxy) is 1. The minimum atomic E-state index is -0.0163. The molecular formula is C16H26N2O3. The van der Waals surface area contributed by atoms with E-state index in [1.54, 1.807) is 0 Å². The average Bonchev–Trinajstić information content (AvgIpc) is 2.91. The Morgan fingerprint density at radius 3 is 2.38 bits per heavy atom. The van der Waals surface area contributed by atoms with Crippen LogP contribution in [0.3, 0.4) is 0 Å². The van der Waals surface area contributed by atoms with E-state index < -0.39 is 0 Å². The summed E-state index contributed by atoms with van der Waals surface area (Å²) >= 11 is 0. The molecule has 1 N–H and O–H groups in total. The number of hydrogen-bond donors (Lipinski definition) is 1. The smallest absolute Gasteiger partial charge is 0.228 e. The second kappa shape index (κ2) is 5.27. The van der Waals surface area contributed by atoms with Gasteiger partial charge in [0.25, 0.3) is 0 Å². The highest BCUT2D eigenvalue weighted by Gasteiger charge is 2.46. The lowest BCUT2D eigenvalue weighted by molar-refractivity contribution is -0.140. The van der Waals surface area contributed by atoms with E-state index in [0.717, 1.165) is 32.5 Å². The van der Waals surface area contributed by atoms with Gasteiger partial charge in [0.15, 0.2) is 0 Å². The van der Waals surface area contributed by atoms with Crippen LogP contribution in [-0.2, 0) is 14.3 Å². The lowest BCUT2D eigenvalue weighted by Gasteiger charge is -2.39. The zero-order valence-electron chi connectivity index (χ0n) is 13.2. The second-order valence-electron chi connectivity index (χ2n) is 7.21. The van der Waals surface area contributed by atoms with Gasteiger partial charge in [-0.05, 0) is 38.0 Å². The molecule has 0 aliphatic carbocycles. The molecule has 4 unspecified atom stereocenters. The first-order chi connectivity index (χ1) is 9.92. The van der Waals surface area contributed by atoms with Gasteiger partial charge in [-0.25, -0.2) is 0 Å². The number of piperidine rings is 1.